The Morgan fingerprint density at radius 2 is 1.86 bits per heavy atom. The van der Waals surface area contributed by atoms with Crippen LogP contribution in [0.3, 0.4) is 0 Å². The number of benzene rings is 2. The van der Waals surface area contributed by atoms with Gasteiger partial charge in [0.15, 0.2) is 5.84 Å². The van der Waals surface area contributed by atoms with Gasteiger partial charge < -0.3 is 11.2 Å². The summed E-state index contributed by atoms with van der Waals surface area (Å²) in [6.45, 7) is 4.32. The van der Waals surface area contributed by atoms with Gasteiger partial charge in [0, 0.05) is 12.6 Å². The van der Waals surface area contributed by atoms with E-state index in [0.29, 0.717) is 5.84 Å². The number of nitrogens with two attached hydrogens (primary N) is 1. The third kappa shape index (κ3) is 2.47. The van der Waals surface area contributed by atoms with Crippen molar-refractivity contribution in [2.45, 2.75) is 33.1 Å². The predicted molar refractivity (Wildman–Crippen MR) is 93.2 cm³/mol. The molecule has 2 aromatic rings. The lowest BCUT2D eigenvalue weighted by atomic mass is 9.89. The molecule has 0 aliphatic heterocycles. The number of nitrogens with zero attached hydrogens (tertiary/aromatic N) is 1. The van der Waals surface area contributed by atoms with Gasteiger partial charge in [-0.05, 0) is 78.6 Å². The minimum absolute atomic E-state index is 0.526. The number of amidine groups is 1. The Bertz CT molecular complexity index is 721. The average molecular weight is 293 g/mol. The summed E-state index contributed by atoms with van der Waals surface area (Å²) < 4.78 is 0. The summed E-state index contributed by atoms with van der Waals surface area (Å²) >= 11 is 0. The van der Waals surface area contributed by atoms with Gasteiger partial charge in [-0.3, -0.25) is 0 Å². The molecule has 0 bridgehead atoms. The van der Waals surface area contributed by atoms with Crippen LogP contribution in [0.25, 0.3) is 11.1 Å². The number of hydrogen-bond donors (Lipinski definition) is 2. The molecule has 0 aromatic heterocycles. The number of nitrogens with one attached hydrogen (secondary N) is 1. The van der Waals surface area contributed by atoms with Crippen LogP contribution in [0, 0.1) is 13.8 Å². The van der Waals surface area contributed by atoms with Crippen LogP contribution in [0.15, 0.2) is 35.4 Å². The van der Waals surface area contributed by atoms with Crippen LogP contribution in [0.1, 0.15) is 34.2 Å². The Balaban J connectivity index is 2.14. The zero-order valence-corrected chi connectivity index (χ0v) is 13.5. The van der Waals surface area contributed by atoms with Crippen molar-refractivity contribution in [3.05, 3.63) is 58.1 Å². The number of hydrazone groups is 1. The molecule has 0 spiro atoms. The molecule has 0 atom stereocenters. The van der Waals surface area contributed by atoms with Crippen LogP contribution in [0.2, 0.25) is 0 Å². The molecule has 0 radical (unpaired) electrons. The number of hydrogen-bond acceptors (Lipinski definition) is 2. The summed E-state index contributed by atoms with van der Waals surface area (Å²) in [6.07, 6.45) is 3.67. The fourth-order valence-electron chi connectivity index (χ4n) is 3.58. The minimum atomic E-state index is 0.526. The van der Waals surface area contributed by atoms with E-state index in [1.54, 1.807) is 7.05 Å². The highest BCUT2D eigenvalue weighted by molar-refractivity contribution is 5.98. The van der Waals surface area contributed by atoms with Crippen LogP contribution < -0.4 is 11.2 Å². The summed E-state index contributed by atoms with van der Waals surface area (Å²) in [5.74, 6) is 0.526. The lowest BCUT2D eigenvalue weighted by Gasteiger charge is -2.16. The second-order valence-corrected chi connectivity index (χ2v) is 6.00. The molecule has 3 N–H and O–H groups in total. The summed E-state index contributed by atoms with van der Waals surface area (Å²) in [4.78, 5) is 0. The summed E-state index contributed by atoms with van der Waals surface area (Å²) in [6, 6.07) is 11.0. The fourth-order valence-corrected chi connectivity index (χ4v) is 3.58. The molecule has 0 amide bonds. The molecule has 0 unspecified atom stereocenters. The fraction of sp³-hybridized carbons (Fsp3) is 0.316. The topological polar surface area (TPSA) is 50.4 Å². The van der Waals surface area contributed by atoms with Gasteiger partial charge in [0.2, 0.25) is 0 Å². The Kier molecular flexibility index (Phi) is 3.88. The number of fused-ring (bicyclic) bond motifs is 1. The maximum Gasteiger partial charge on any atom is 0.150 e. The highest BCUT2D eigenvalue weighted by Gasteiger charge is 2.18. The minimum Gasteiger partial charge on any atom is -0.382 e. The molecule has 114 valence electrons. The maximum atomic E-state index is 6.01. The lowest BCUT2D eigenvalue weighted by molar-refractivity contribution is 0.898. The molecular weight excluding hydrogens is 270 g/mol. The third-order valence-corrected chi connectivity index (χ3v) is 4.48. The normalized spacial score (nSPS) is 14.0. The van der Waals surface area contributed by atoms with Crippen molar-refractivity contribution in [2.75, 3.05) is 7.05 Å². The molecule has 1 aliphatic rings. The van der Waals surface area contributed by atoms with Gasteiger partial charge in [-0.15, -0.1) is 0 Å². The molecule has 0 heterocycles. The number of aryl methyl sites for hydroxylation is 3. The summed E-state index contributed by atoms with van der Waals surface area (Å²) in [5.41, 5.74) is 18.0. The molecule has 3 nitrogen and oxygen atoms in total. The van der Waals surface area contributed by atoms with Gasteiger partial charge in [-0.1, -0.05) is 18.2 Å². The monoisotopic (exact) mass is 293 g/mol. The molecule has 1 aliphatic carbocycles. The van der Waals surface area contributed by atoms with E-state index in [-0.39, 0.29) is 0 Å². The molecule has 0 saturated carbocycles. The second-order valence-electron chi connectivity index (χ2n) is 6.00. The van der Waals surface area contributed by atoms with Crippen molar-refractivity contribution < 1.29 is 0 Å². The van der Waals surface area contributed by atoms with E-state index in [1.165, 1.54) is 52.6 Å². The van der Waals surface area contributed by atoms with E-state index in [9.17, 15) is 0 Å². The van der Waals surface area contributed by atoms with Crippen LogP contribution in [-0.2, 0) is 12.8 Å². The smallest absolute Gasteiger partial charge is 0.150 e. The highest BCUT2D eigenvalue weighted by atomic mass is 15.3. The van der Waals surface area contributed by atoms with Crippen molar-refractivity contribution in [3.8, 4) is 11.1 Å². The second kappa shape index (κ2) is 5.84. The Hall–Kier alpha value is -2.29. The Labute approximate surface area is 132 Å². The standard InChI is InChI=1S/C19H23N3/c1-12-10-15(19(20)22-21-3)11-13(2)18(12)17-9-5-7-14-6-4-8-16(14)17/h5,7,9-11,21H,4,6,8H2,1-3H3,(H2,20,22). The van der Waals surface area contributed by atoms with Crippen LogP contribution in [-0.4, -0.2) is 12.9 Å². The van der Waals surface area contributed by atoms with E-state index >= 15 is 0 Å². The quantitative estimate of drug-likeness (QED) is 0.518. The first-order valence-electron chi connectivity index (χ1n) is 7.84. The van der Waals surface area contributed by atoms with E-state index in [1.807, 2.05) is 0 Å². The van der Waals surface area contributed by atoms with E-state index < -0.39 is 0 Å². The van der Waals surface area contributed by atoms with Gasteiger partial charge in [-0.2, -0.15) is 5.10 Å². The predicted octanol–water partition coefficient (Wildman–Crippen LogP) is 3.30. The number of rotatable bonds is 3. The molecule has 2 aromatic carbocycles. The summed E-state index contributed by atoms with van der Waals surface area (Å²) in [7, 11) is 1.76. The van der Waals surface area contributed by atoms with Crippen molar-refractivity contribution in [3.63, 3.8) is 0 Å². The van der Waals surface area contributed by atoms with Gasteiger partial charge in [0.05, 0.1) is 0 Å². The summed E-state index contributed by atoms with van der Waals surface area (Å²) in [5, 5.41) is 4.08. The van der Waals surface area contributed by atoms with Crippen LogP contribution in [0.4, 0.5) is 0 Å². The SMILES string of the molecule is CN/N=C(\N)c1cc(C)c(-c2cccc3c2CCC3)c(C)c1. The van der Waals surface area contributed by atoms with Gasteiger partial charge >= 0.3 is 0 Å². The first-order valence-corrected chi connectivity index (χ1v) is 7.84. The molecule has 3 heteroatoms. The van der Waals surface area contributed by atoms with Crippen molar-refractivity contribution >= 4 is 5.84 Å². The largest absolute Gasteiger partial charge is 0.382 e. The van der Waals surface area contributed by atoms with Crippen molar-refractivity contribution in [1.82, 2.24) is 5.43 Å². The first kappa shape index (κ1) is 14.6. The van der Waals surface area contributed by atoms with Crippen molar-refractivity contribution in [1.29, 1.82) is 0 Å². The molecular formula is C19H23N3. The Morgan fingerprint density at radius 3 is 2.55 bits per heavy atom. The molecule has 22 heavy (non-hydrogen) atoms. The zero-order chi connectivity index (χ0) is 15.7. The molecule has 3 rings (SSSR count). The van der Waals surface area contributed by atoms with Crippen LogP contribution >= 0.6 is 0 Å². The highest BCUT2D eigenvalue weighted by Crippen LogP contribution is 2.36. The van der Waals surface area contributed by atoms with E-state index in [0.717, 1.165) is 5.56 Å². The zero-order valence-electron chi connectivity index (χ0n) is 13.5. The van der Waals surface area contributed by atoms with Gasteiger partial charge in [0.25, 0.3) is 0 Å². The van der Waals surface area contributed by atoms with Gasteiger partial charge in [0.1, 0.15) is 0 Å². The molecule has 0 saturated heterocycles. The maximum absolute atomic E-state index is 6.01. The third-order valence-electron chi connectivity index (χ3n) is 4.48. The lowest BCUT2D eigenvalue weighted by Crippen LogP contribution is -2.17. The Morgan fingerprint density at radius 1 is 1.14 bits per heavy atom. The van der Waals surface area contributed by atoms with E-state index in [2.05, 4.69) is 54.7 Å². The van der Waals surface area contributed by atoms with Crippen molar-refractivity contribution in [2.24, 2.45) is 10.8 Å². The van der Waals surface area contributed by atoms with E-state index in [4.69, 9.17) is 5.73 Å². The average Bonchev–Trinajstić information content (AvgIpc) is 2.96. The van der Waals surface area contributed by atoms with Crippen LogP contribution in [0.5, 0.6) is 0 Å². The first-order chi connectivity index (χ1) is 10.6. The van der Waals surface area contributed by atoms with Gasteiger partial charge in [-0.25, -0.2) is 0 Å². The molecule has 0 fully saturated rings.